The number of hydrogen-bond acceptors (Lipinski definition) is 26. The van der Waals surface area contributed by atoms with Gasteiger partial charge in [0.2, 0.25) is 17.3 Å². The molecule has 5 aromatic carbocycles. The van der Waals surface area contributed by atoms with E-state index in [1.807, 2.05) is 50.2 Å². The molecule has 0 aromatic heterocycles. The second-order valence-corrected chi connectivity index (χ2v) is 30.4. The first-order valence-electron chi connectivity index (χ1n) is 34.1. The van der Waals surface area contributed by atoms with Crippen LogP contribution in [-0.2, 0) is 62.4 Å². The fraction of sp³-hybridized carbons (Fsp3) is 0.338. The van der Waals surface area contributed by atoms with E-state index >= 15 is 0 Å². The number of aryl methyl sites for hydroxylation is 2. The summed E-state index contributed by atoms with van der Waals surface area (Å²) in [5.74, 6) is -19.5. The second kappa shape index (κ2) is 28.7. The Morgan fingerprint density at radius 3 is 1.16 bits per heavy atom. The van der Waals surface area contributed by atoms with Crippen LogP contribution in [0.15, 0.2) is 142 Å². The van der Waals surface area contributed by atoms with E-state index in [1.54, 1.807) is 78.7 Å². The Kier molecular flexibility index (Phi) is 20.9. The Bertz CT molecular complexity index is 4990. The average Bonchev–Trinajstić information content (AvgIpc) is 0.711. The number of Topliss-reactive ketones (excluding diaryl/α,β-unsaturated/α-hetero) is 6. The molecule has 0 saturated heterocycles. The highest BCUT2D eigenvalue weighted by atomic mass is 127. The zero-order valence-corrected chi connectivity index (χ0v) is 61.7. The van der Waals surface area contributed by atoms with Crippen molar-refractivity contribution in [3.05, 3.63) is 190 Å². The third-order valence-electron chi connectivity index (χ3n) is 22.3. The maximum Gasteiger partial charge on any atom is 1.00 e. The van der Waals surface area contributed by atoms with Crippen molar-refractivity contribution in [3.8, 4) is 28.4 Å². The van der Waals surface area contributed by atoms with E-state index < -0.39 is 181 Å². The highest BCUT2D eigenvalue weighted by Gasteiger charge is 2.68. The van der Waals surface area contributed by atoms with Crippen molar-refractivity contribution in [1.29, 1.82) is 0 Å². The molecule has 14 rings (SSSR count). The van der Waals surface area contributed by atoms with Gasteiger partial charge in [0, 0.05) is 38.0 Å². The molecule has 0 heterocycles. The van der Waals surface area contributed by atoms with E-state index in [2.05, 4.69) is 22.6 Å². The lowest BCUT2D eigenvalue weighted by atomic mass is 9.57. The number of aromatic hydroxyl groups is 3. The van der Waals surface area contributed by atoms with Crippen molar-refractivity contribution in [2.24, 2.45) is 52.7 Å². The number of amides is 3. The minimum Gasteiger partial charge on any atom is -0.508 e. The molecule has 6 unspecified atom stereocenters. The van der Waals surface area contributed by atoms with E-state index in [0.717, 1.165) is 25.8 Å². The molecule has 3 amide bonds. The number of carbonyl (C=O) groups excluding carboxylic acids is 9. The van der Waals surface area contributed by atoms with Crippen LogP contribution in [0.2, 0.25) is 0 Å². The van der Waals surface area contributed by atoms with Crippen molar-refractivity contribution in [2.45, 2.75) is 87.3 Å². The fourth-order valence-electron chi connectivity index (χ4n) is 17.4. The second-order valence-electron chi connectivity index (χ2n) is 29.3. The zero-order valence-electron chi connectivity index (χ0n) is 60.6. The van der Waals surface area contributed by atoms with Gasteiger partial charge >= 0.3 is 8.55 Å². The minimum atomic E-state index is -2.64. The number of ketones is 6. The van der Waals surface area contributed by atoms with Crippen LogP contribution in [0.3, 0.4) is 0 Å². The molecule has 20 N–H and O–H groups in total. The predicted octanol–water partition coefficient (Wildman–Crippen LogP) is 2.26. The van der Waals surface area contributed by atoms with Gasteiger partial charge in [0.05, 0.1) is 34.8 Å². The van der Waals surface area contributed by atoms with Gasteiger partial charge in [-0.25, -0.2) is 0 Å². The van der Waals surface area contributed by atoms with Crippen LogP contribution in [0.25, 0.3) is 28.4 Å². The number of fused-ring (bicyclic) bond motifs is 9. The number of carbonyl (C=O) groups is 9. The summed E-state index contributed by atoms with van der Waals surface area (Å²) in [5.41, 5.74) is 11.6. The quantitative estimate of drug-likeness (QED) is 0.0602. The number of nitrogens with zero attached hydrogens (tertiary/aromatic N) is 3. The van der Waals surface area contributed by atoms with Crippen molar-refractivity contribution < 1.29 is 116 Å². The van der Waals surface area contributed by atoms with Gasteiger partial charge in [-0.15, -0.1) is 0 Å². The third kappa shape index (κ3) is 12.3. The zero-order chi connectivity index (χ0) is 79.6. The summed E-state index contributed by atoms with van der Waals surface area (Å²) in [4.78, 5) is 120. The molecule has 31 heteroatoms. The van der Waals surface area contributed by atoms with Crippen LogP contribution in [0.1, 0.15) is 65.2 Å². The normalized spacial score (nSPS) is 27.5. The molecule has 3 saturated carbocycles. The lowest BCUT2D eigenvalue weighted by Gasteiger charge is -2.50. The van der Waals surface area contributed by atoms with Gasteiger partial charge in [0.25, 0.3) is 17.7 Å². The third-order valence-corrected chi connectivity index (χ3v) is 23.4. The van der Waals surface area contributed by atoms with Crippen LogP contribution < -0.4 is 22.7 Å². The van der Waals surface area contributed by atoms with Gasteiger partial charge in [-0.05, 0) is 193 Å². The Morgan fingerprint density at radius 2 is 0.787 bits per heavy atom. The predicted molar refractivity (Wildman–Crippen MR) is 398 cm³/mol. The summed E-state index contributed by atoms with van der Waals surface area (Å²) >= 11 is 2.07. The summed E-state index contributed by atoms with van der Waals surface area (Å²) in [6, 6.07) is 22.5. The van der Waals surface area contributed by atoms with Gasteiger partial charge in [-0.1, -0.05) is 77.9 Å². The first-order valence-corrected chi connectivity index (χ1v) is 35.2. The molecule has 0 bridgehead atoms. The maximum atomic E-state index is 13.9. The summed E-state index contributed by atoms with van der Waals surface area (Å²) in [6.07, 6.45) is 1.05. The SMILES string of the molecule is CN(C)[C@@H]1C(=O)C(C(N)=O)=C(O)[C@@]2(O)C(=O)C3=C(O)c4c(O)ccc(I)c4CC3CC12.CN(C)[C@@H]1C(=O)C(C(N)=O)=C(O)[C@@]2(O)C(=O)C3=C(O)c4c(O)cccc4CC3CC12.Cc1ccc(-c2ccc(O)c3c2CC2CC4[C@H](N(C)C)C(=O)C(C(N)=O)=C(O)[C@@]4(O)C(=O)C2=C3O)cc1.Cc1ccc(B(O)O)cc1.[H+]. The number of likely N-dealkylation sites (N-methyl/N-ethyl adjacent to an activating group) is 3. The summed E-state index contributed by atoms with van der Waals surface area (Å²) in [7, 11) is 8.04. The Hall–Kier alpha value is -10.4. The molecule has 3 fully saturated rings. The number of aliphatic hydroxyl groups is 9. The number of aliphatic hydroxyl groups excluding tert-OH is 6. The van der Waals surface area contributed by atoms with Crippen LogP contribution in [0.4, 0.5) is 0 Å². The molecule has 12 atom stereocenters. The number of phenols is 3. The van der Waals surface area contributed by atoms with Gasteiger partial charge in [0.1, 0.15) is 68.5 Å². The smallest absolute Gasteiger partial charge is 0.508 e. The molecule has 5 aromatic rings. The van der Waals surface area contributed by atoms with Crippen LogP contribution in [0.5, 0.6) is 17.2 Å². The molecule has 9 aliphatic carbocycles. The molecular formula is C77H81BIN6O23+. The van der Waals surface area contributed by atoms with E-state index in [-0.39, 0.29) is 77.8 Å². The summed E-state index contributed by atoms with van der Waals surface area (Å²) in [6.45, 7) is 3.92. The Labute approximate surface area is 632 Å². The van der Waals surface area contributed by atoms with E-state index in [1.165, 1.54) is 32.9 Å². The van der Waals surface area contributed by atoms with E-state index in [0.29, 0.717) is 35.0 Å². The topological polar surface area (TPSA) is 525 Å². The lowest BCUT2D eigenvalue weighted by molar-refractivity contribution is -0.155. The van der Waals surface area contributed by atoms with Crippen LogP contribution in [0, 0.1) is 52.9 Å². The van der Waals surface area contributed by atoms with Crippen molar-refractivity contribution >= 4 is 105 Å². The molecule has 108 heavy (non-hydrogen) atoms. The van der Waals surface area contributed by atoms with E-state index in [4.69, 9.17) is 27.2 Å². The molecule has 0 aliphatic heterocycles. The average molecular weight is 1600 g/mol. The Balaban J connectivity index is 0.000000163. The first-order chi connectivity index (χ1) is 50.5. The van der Waals surface area contributed by atoms with Crippen molar-refractivity contribution in [1.82, 2.24) is 14.7 Å². The van der Waals surface area contributed by atoms with Gasteiger partial charge in [-0.2, -0.15) is 0 Å². The molecule has 0 spiro atoms. The summed E-state index contributed by atoms with van der Waals surface area (Å²) in [5, 5.41) is 148. The number of benzene rings is 5. The molecule has 566 valence electrons. The van der Waals surface area contributed by atoms with Crippen molar-refractivity contribution in [2.75, 3.05) is 42.3 Å². The number of halogens is 1. The van der Waals surface area contributed by atoms with Crippen LogP contribution >= 0.6 is 22.6 Å². The summed E-state index contributed by atoms with van der Waals surface area (Å²) < 4.78 is 0.784. The molecule has 0 radical (unpaired) electrons. The van der Waals surface area contributed by atoms with Gasteiger partial charge in [-0.3, -0.25) is 57.9 Å². The number of nitrogens with two attached hydrogens (primary N) is 3. The monoisotopic (exact) mass is 1600 g/mol. The van der Waals surface area contributed by atoms with Crippen LogP contribution in [-0.4, -0.2) is 223 Å². The molecule has 29 nitrogen and oxygen atoms in total. The number of rotatable bonds is 8. The maximum absolute atomic E-state index is 13.9. The van der Waals surface area contributed by atoms with Crippen molar-refractivity contribution in [3.63, 3.8) is 0 Å². The van der Waals surface area contributed by atoms with Gasteiger partial charge < -0.3 is 88.5 Å². The largest absolute Gasteiger partial charge is 1.00 e. The number of hydrogen-bond donors (Lipinski definition) is 17. The lowest BCUT2D eigenvalue weighted by Crippen LogP contribution is -2.65. The first kappa shape index (κ1) is 78.7. The molecular weight excluding hydrogens is 1510 g/mol. The highest BCUT2D eigenvalue weighted by molar-refractivity contribution is 14.1. The number of phenolic OH excluding ortho intramolecular Hbond substituents is 3. The number of primary amides is 3. The van der Waals surface area contributed by atoms with E-state index in [9.17, 15) is 104 Å². The Morgan fingerprint density at radius 1 is 0.454 bits per heavy atom. The highest BCUT2D eigenvalue weighted by Crippen LogP contribution is 2.57. The van der Waals surface area contributed by atoms with Gasteiger partial charge in [0.15, 0.2) is 34.2 Å². The fourth-order valence-corrected chi connectivity index (χ4v) is 18.0. The minimum absolute atomic E-state index is 0. The molecule has 9 aliphatic rings. The standard InChI is InChI=1S/C28H28N2O7.C21H21IN2O7.C21H22N2O7.C7H9BO2/c1-12-4-6-13(7-5-12)15-8-9-18(31)20-16(15)10-14-11-17-22(30(2)3)24(33)21(27(29)36)26(35)28(17,37)25(34)19(14)23(20)32;1-24(2)15-9-6-7-5-8-10(22)3-4-11(25)13(8)16(26)12(7)18(28)21(9,31)19(29)14(17(15)27)20(23)30;1-23(2)15-10-7-9-6-8-4-3-5-11(24)12(8)16(25)13(9)18(27)21(10,30)19(28)14(17(15)26)20(22)29;1-6-2-4-7(5-3-6)8(9)10/h4-9,14,17,22,31-32,35,37H,10-11H2,1-3H3,(H2,29,36);3-4,7,9,15,25-26,29,31H,5-6H2,1-2H3,(H2,23,30);3-5,9-10,15,24-25,28,30H,6-7H2,1-2H3,(H2,22,29);2-5,9-10H,1H3/p+1/t14?,17?,22-,28-;7?,9?,15-,21-;9?,10?,15-,21-;/m000./s1.